The van der Waals surface area contributed by atoms with Gasteiger partial charge < -0.3 is 10.2 Å². The molecule has 3 aromatic carbocycles. The van der Waals surface area contributed by atoms with Gasteiger partial charge in [0.25, 0.3) is 0 Å². The standard InChI is InChI=1S/C31H35ClFN3O4S/c1-41(39,40)36(27-17-10-14-25(32)20-27)22-30(37)35(21-24-13-8-9-18-28(24)33)29(19-23-11-4-2-5-12-23)31(38)34-26-15-6-3-7-16-26/h2,4-5,8-14,17-18,20,26,29H,3,6-7,15-16,19,21-22H2,1H3,(H,34,38)/t29-/m1/s1. The van der Waals surface area contributed by atoms with Crippen LogP contribution in [0.15, 0.2) is 78.9 Å². The molecule has 7 nitrogen and oxygen atoms in total. The Labute approximate surface area is 246 Å². The molecule has 10 heteroatoms. The minimum atomic E-state index is -3.92. The summed E-state index contributed by atoms with van der Waals surface area (Å²) in [6.45, 7) is -0.802. The Hall–Kier alpha value is -3.43. The van der Waals surface area contributed by atoms with Gasteiger partial charge in [0.1, 0.15) is 18.4 Å². The van der Waals surface area contributed by atoms with Crippen molar-refractivity contribution < 1.29 is 22.4 Å². The molecule has 1 N–H and O–H groups in total. The summed E-state index contributed by atoms with van der Waals surface area (Å²) in [6.07, 6.45) is 6.01. The van der Waals surface area contributed by atoms with E-state index in [9.17, 15) is 22.4 Å². The number of sulfonamides is 1. The number of hydrogen-bond acceptors (Lipinski definition) is 4. The van der Waals surface area contributed by atoms with Crippen LogP contribution in [0.4, 0.5) is 10.1 Å². The highest BCUT2D eigenvalue weighted by atomic mass is 35.5. The summed E-state index contributed by atoms with van der Waals surface area (Å²) in [5.74, 6) is -1.51. The lowest BCUT2D eigenvalue weighted by molar-refractivity contribution is -0.140. The van der Waals surface area contributed by atoms with Gasteiger partial charge in [-0.1, -0.05) is 85.5 Å². The van der Waals surface area contributed by atoms with Gasteiger partial charge in [0.2, 0.25) is 21.8 Å². The molecule has 0 aliphatic heterocycles. The number of hydrogen-bond donors (Lipinski definition) is 1. The number of benzene rings is 3. The maximum absolute atomic E-state index is 14.9. The van der Waals surface area contributed by atoms with E-state index >= 15 is 0 Å². The fourth-order valence-corrected chi connectivity index (χ4v) is 6.18. The van der Waals surface area contributed by atoms with Crippen molar-refractivity contribution >= 4 is 39.1 Å². The first-order valence-electron chi connectivity index (χ1n) is 13.7. The molecule has 3 aromatic rings. The zero-order chi connectivity index (χ0) is 29.4. The van der Waals surface area contributed by atoms with Gasteiger partial charge in [-0.3, -0.25) is 13.9 Å². The normalized spacial score (nSPS) is 14.7. The van der Waals surface area contributed by atoms with Crippen LogP contribution >= 0.6 is 11.6 Å². The average molecular weight is 600 g/mol. The van der Waals surface area contributed by atoms with E-state index in [1.54, 1.807) is 36.4 Å². The van der Waals surface area contributed by atoms with Gasteiger partial charge in [-0.05, 0) is 42.7 Å². The lowest BCUT2D eigenvalue weighted by atomic mass is 9.94. The fourth-order valence-electron chi connectivity index (χ4n) is 5.15. The summed E-state index contributed by atoms with van der Waals surface area (Å²) in [6, 6.07) is 20.5. The first-order valence-corrected chi connectivity index (χ1v) is 15.9. The van der Waals surface area contributed by atoms with Crippen molar-refractivity contribution in [2.24, 2.45) is 0 Å². The van der Waals surface area contributed by atoms with Crippen molar-refractivity contribution in [2.45, 2.75) is 57.2 Å². The maximum atomic E-state index is 14.9. The summed E-state index contributed by atoms with van der Waals surface area (Å²) >= 11 is 6.13. The van der Waals surface area contributed by atoms with Gasteiger partial charge >= 0.3 is 0 Å². The summed E-state index contributed by atoms with van der Waals surface area (Å²) in [7, 11) is -3.92. The minimum absolute atomic E-state index is 0.0149. The van der Waals surface area contributed by atoms with E-state index < -0.39 is 34.3 Å². The highest BCUT2D eigenvalue weighted by Crippen LogP contribution is 2.24. The number of carbonyl (C=O) groups is 2. The van der Waals surface area contributed by atoms with E-state index in [0.29, 0.717) is 5.02 Å². The third-order valence-corrected chi connectivity index (χ3v) is 8.67. The number of anilines is 1. The van der Waals surface area contributed by atoms with E-state index in [-0.39, 0.29) is 36.2 Å². The predicted octanol–water partition coefficient (Wildman–Crippen LogP) is 5.33. The lowest BCUT2D eigenvalue weighted by Crippen LogP contribution is -2.55. The number of amides is 2. The van der Waals surface area contributed by atoms with Crippen molar-refractivity contribution in [1.82, 2.24) is 10.2 Å². The smallest absolute Gasteiger partial charge is 0.244 e. The van der Waals surface area contributed by atoms with Crippen molar-refractivity contribution in [1.29, 1.82) is 0 Å². The Kier molecular flexibility index (Phi) is 10.4. The topological polar surface area (TPSA) is 86.8 Å². The second-order valence-electron chi connectivity index (χ2n) is 10.4. The third kappa shape index (κ3) is 8.53. The SMILES string of the molecule is CS(=O)(=O)N(CC(=O)N(Cc1ccccc1F)[C@H](Cc1ccccc1)C(=O)NC1CCCCC1)c1cccc(Cl)c1. The molecule has 2 amide bonds. The summed E-state index contributed by atoms with van der Waals surface area (Å²) < 4.78 is 41.5. The number of carbonyl (C=O) groups excluding carboxylic acids is 2. The average Bonchev–Trinajstić information content (AvgIpc) is 2.95. The lowest BCUT2D eigenvalue weighted by Gasteiger charge is -2.35. The van der Waals surface area contributed by atoms with E-state index in [4.69, 9.17) is 11.6 Å². The highest BCUT2D eigenvalue weighted by molar-refractivity contribution is 7.92. The predicted molar refractivity (Wildman–Crippen MR) is 160 cm³/mol. The molecule has 0 unspecified atom stereocenters. The minimum Gasteiger partial charge on any atom is -0.352 e. The van der Waals surface area contributed by atoms with Crippen molar-refractivity contribution in [3.8, 4) is 0 Å². The molecule has 0 saturated heterocycles. The molecular weight excluding hydrogens is 565 g/mol. The second kappa shape index (κ2) is 14.0. The molecule has 4 rings (SSSR count). The Bertz CT molecular complexity index is 1450. The molecule has 0 radical (unpaired) electrons. The fraction of sp³-hybridized carbons (Fsp3) is 0.355. The zero-order valence-corrected chi connectivity index (χ0v) is 24.6. The van der Waals surface area contributed by atoms with Crippen LogP contribution in [0.1, 0.15) is 43.2 Å². The molecule has 218 valence electrons. The molecule has 0 bridgehead atoms. The van der Waals surface area contributed by atoms with Gasteiger partial charge in [-0.25, -0.2) is 12.8 Å². The number of halogens is 2. The molecule has 1 atom stereocenters. The van der Waals surface area contributed by atoms with E-state index in [2.05, 4.69) is 5.32 Å². The number of rotatable bonds is 11. The summed E-state index contributed by atoms with van der Waals surface area (Å²) in [5.41, 5.74) is 1.25. The Morgan fingerprint density at radius 1 is 0.976 bits per heavy atom. The van der Waals surface area contributed by atoms with E-state index in [1.165, 1.54) is 17.0 Å². The van der Waals surface area contributed by atoms with Gasteiger partial charge in [-0.15, -0.1) is 0 Å². The van der Waals surface area contributed by atoms with Gasteiger partial charge in [0.05, 0.1) is 11.9 Å². The molecule has 0 spiro atoms. The molecule has 1 saturated carbocycles. The molecule has 1 fully saturated rings. The van der Waals surface area contributed by atoms with Crippen molar-refractivity contribution in [3.63, 3.8) is 0 Å². The molecule has 1 aliphatic rings. The largest absolute Gasteiger partial charge is 0.352 e. The molecule has 0 heterocycles. The van der Waals surface area contributed by atoms with Crippen LogP contribution in [0, 0.1) is 5.82 Å². The molecule has 0 aromatic heterocycles. The van der Waals surface area contributed by atoms with Crippen molar-refractivity contribution in [2.75, 3.05) is 17.1 Å². The maximum Gasteiger partial charge on any atom is 0.244 e. The van der Waals surface area contributed by atoms with E-state index in [1.807, 2.05) is 30.3 Å². The Morgan fingerprint density at radius 2 is 1.66 bits per heavy atom. The molecular formula is C31H35ClFN3O4S. The van der Waals surface area contributed by atoms with Crippen LogP contribution in [0.2, 0.25) is 5.02 Å². The highest BCUT2D eigenvalue weighted by Gasteiger charge is 2.34. The van der Waals surface area contributed by atoms with Crippen LogP contribution < -0.4 is 9.62 Å². The van der Waals surface area contributed by atoms with Crippen LogP contribution in [-0.2, 0) is 32.6 Å². The first-order chi connectivity index (χ1) is 19.6. The van der Waals surface area contributed by atoms with Crippen LogP contribution in [-0.4, -0.2) is 50.0 Å². The summed E-state index contributed by atoms with van der Waals surface area (Å²) in [5, 5.41) is 3.43. The molecule has 1 aliphatic carbocycles. The number of nitrogens with one attached hydrogen (secondary N) is 1. The second-order valence-corrected chi connectivity index (χ2v) is 12.8. The van der Waals surface area contributed by atoms with Crippen LogP contribution in [0.25, 0.3) is 0 Å². The summed E-state index contributed by atoms with van der Waals surface area (Å²) in [4.78, 5) is 29.3. The molecule has 41 heavy (non-hydrogen) atoms. The van der Waals surface area contributed by atoms with Crippen LogP contribution in [0.3, 0.4) is 0 Å². The first kappa shape index (κ1) is 30.5. The Morgan fingerprint density at radius 3 is 2.32 bits per heavy atom. The van der Waals surface area contributed by atoms with Crippen molar-refractivity contribution in [3.05, 3.63) is 101 Å². The zero-order valence-electron chi connectivity index (χ0n) is 23.0. The number of nitrogens with zero attached hydrogens (tertiary/aromatic N) is 2. The monoisotopic (exact) mass is 599 g/mol. The third-order valence-electron chi connectivity index (χ3n) is 7.30. The quantitative estimate of drug-likeness (QED) is 0.323. The van der Waals surface area contributed by atoms with Gasteiger partial charge in [-0.2, -0.15) is 0 Å². The van der Waals surface area contributed by atoms with Crippen LogP contribution in [0.5, 0.6) is 0 Å². The van der Waals surface area contributed by atoms with Gasteiger partial charge in [0, 0.05) is 29.6 Å². The Balaban J connectivity index is 1.73. The van der Waals surface area contributed by atoms with E-state index in [0.717, 1.165) is 48.2 Å². The van der Waals surface area contributed by atoms with Gasteiger partial charge in [0.15, 0.2) is 0 Å².